The Labute approximate surface area is 109 Å². The molecular formula is C15H23NO2. The standard InChI is InChI=1S/C15H23NO2/c1-15(2,17-3)8-9-18-13-10-12-6-4-5-7-14(12)16-11-13/h4-7,13,16H,8-11H2,1-3H3. The van der Waals surface area contributed by atoms with E-state index >= 15 is 0 Å². The van der Waals surface area contributed by atoms with Gasteiger partial charge in [-0.15, -0.1) is 0 Å². The van der Waals surface area contributed by atoms with E-state index in [1.807, 2.05) is 0 Å². The van der Waals surface area contributed by atoms with E-state index in [1.54, 1.807) is 7.11 Å². The molecule has 1 aromatic rings. The molecule has 0 aliphatic carbocycles. The lowest BCUT2D eigenvalue weighted by molar-refractivity contribution is -0.0245. The maximum atomic E-state index is 5.93. The first-order chi connectivity index (χ1) is 8.61. The van der Waals surface area contributed by atoms with Gasteiger partial charge in [-0.2, -0.15) is 0 Å². The van der Waals surface area contributed by atoms with Gasteiger partial charge in [0.25, 0.3) is 0 Å². The molecule has 100 valence electrons. The van der Waals surface area contributed by atoms with Gasteiger partial charge in [-0.1, -0.05) is 18.2 Å². The van der Waals surface area contributed by atoms with Crippen LogP contribution in [0.1, 0.15) is 25.8 Å². The average Bonchev–Trinajstić information content (AvgIpc) is 2.38. The van der Waals surface area contributed by atoms with Crippen LogP contribution in [0.4, 0.5) is 5.69 Å². The number of para-hydroxylation sites is 1. The van der Waals surface area contributed by atoms with Crippen LogP contribution < -0.4 is 5.32 Å². The van der Waals surface area contributed by atoms with Gasteiger partial charge in [0.15, 0.2) is 0 Å². The van der Waals surface area contributed by atoms with Crippen molar-refractivity contribution in [1.29, 1.82) is 0 Å². The van der Waals surface area contributed by atoms with Crippen molar-refractivity contribution >= 4 is 5.69 Å². The molecule has 0 aromatic heterocycles. The van der Waals surface area contributed by atoms with Crippen LogP contribution in [0.25, 0.3) is 0 Å². The lowest BCUT2D eigenvalue weighted by Gasteiger charge is -2.28. The molecule has 0 amide bonds. The van der Waals surface area contributed by atoms with E-state index in [9.17, 15) is 0 Å². The van der Waals surface area contributed by atoms with Crippen molar-refractivity contribution in [2.75, 3.05) is 25.6 Å². The normalized spacial score (nSPS) is 19.2. The molecule has 1 unspecified atom stereocenters. The van der Waals surface area contributed by atoms with Gasteiger partial charge in [0.05, 0.1) is 11.7 Å². The number of fused-ring (bicyclic) bond motifs is 1. The van der Waals surface area contributed by atoms with Crippen LogP contribution in [0.2, 0.25) is 0 Å². The third-order valence-corrected chi connectivity index (χ3v) is 3.60. The zero-order chi connectivity index (χ0) is 13.0. The summed E-state index contributed by atoms with van der Waals surface area (Å²) in [5, 5.41) is 3.42. The van der Waals surface area contributed by atoms with E-state index in [1.165, 1.54) is 11.3 Å². The molecule has 18 heavy (non-hydrogen) atoms. The summed E-state index contributed by atoms with van der Waals surface area (Å²) in [5.74, 6) is 0. The zero-order valence-corrected chi connectivity index (χ0v) is 11.5. The van der Waals surface area contributed by atoms with Crippen molar-refractivity contribution in [3.63, 3.8) is 0 Å². The van der Waals surface area contributed by atoms with Crippen LogP contribution in [0.3, 0.4) is 0 Å². The van der Waals surface area contributed by atoms with E-state index in [0.29, 0.717) is 0 Å². The van der Waals surface area contributed by atoms with Crippen molar-refractivity contribution < 1.29 is 9.47 Å². The van der Waals surface area contributed by atoms with Crippen LogP contribution >= 0.6 is 0 Å². The third kappa shape index (κ3) is 3.47. The van der Waals surface area contributed by atoms with Crippen LogP contribution in [-0.2, 0) is 15.9 Å². The second-order valence-corrected chi connectivity index (χ2v) is 5.45. The number of methoxy groups -OCH3 is 1. The molecule has 0 saturated heterocycles. The van der Waals surface area contributed by atoms with Crippen LogP contribution in [0.15, 0.2) is 24.3 Å². The first kappa shape index (κ1) is 13.4. The molecule has 2 rings (SSSR count). The summed E-state index contributed by atoms with van der Waals surface area (Å²) in [4.78, 5) is 0. The van der Waals surface area contributed by atoms with Crippen molar-refractivity contribution in [3.8, 4) is 0 Å². The SMILES string of the molecule is COC(C)(C)CCOC1CNc2ccccc2C1. The van der Waals surface area contributed by atoms with E-state index in [2.05, 4.69) is 43.4 Å². The number of hydrogen-bond donors (Lipinski definition) is 1. The molecule has 1 aliphatic heterocycles. The Hall–Kier alpha value is -1.06. The van der Waals surface area contributed by atoms with E-state index in [4.69, 9.17) is 9.47 Å². The molecule has 1 aliphatic rings. The highest BCUT2D eigenvalue weighted by Gasteiger charge is 2.20. The van der Waals surface area contributed by atoms with E-state index in [0.717, 1.165) is 26.0 Å². The molecule has 0 saturated carbocycles. The number of nitrogens with one attached hydrogen (secondary N) is 1. The second-order valence-electron chi connectivity index (χ2n) is 5.45. The number of benzene rings is 1. The molecule has 1 N–H and O–H groups in total. The molecule has 0 spiro atoms. The van der Waals surface area contributed by atoms with Gasteiger partial charge in [-0.25, -0.2) is 0 Å². The molecule has 0 bridgehead atoms. The average molecular weight is 249 g/mol. The van der Waals surface area contributed by atoms with Crippen LogP contribution in [0, 0.1) is 0 Å². The maximum Gasteiger partial charge on any atom is 0.0788 e. The number of ether oxygens (including phenoxy) is 2. The Morgan fingerprint density at radius 1 is 1.33 bits per heavy atom. The third-order valence-electron chi connectivity index (χ3n) is 3.60. The fourth-order valence-corrected chi connectivity index (χ4v) is 2.10. The van der Waals surface area contributed by atoms with Crippen molar-refractivity contribution in [2.24, 2.45) is 0 Å². The van der Waals surface area contributed by atoms with Crippen molar-refractivity contribution in [2.45, 2.75) is 38.4 Å². The van der Waals surface area contributed by atoms with Crippen molar-refractivity contribution in [3.05, 3.63) is 29.8 Å². The summed E-state index contributed by atoms with van der Waals surface area (Å²) >= 11 is 0. The fraction of sp³-hybridized carbons (Fsp3) is 0.600. The van der Waals surface area contributed by atoms with Gasteiger partial charge < -0.3 is 14.8 Å². The summed E-state index contributed by atoms with van der Waals surface area (Å²) < 4.78 is 11.3. The quantitative estimate of drug-likeness (QED) is 0.870. The summed E-state index contributed by atoms with van der Waals surface area (Å²) in [6.07, 6.45) is 2.19. The first-order valence-corrected chi connectivity index (χ1v) is 6.59. The molecule has 3 heteroatoms. The molecule has 1 atom stereocenters. The minimum absolute atomic E-state index is 0.0972. The lowest BCUT2D eigenvalue weighted by atomic mass is 10.0. The molecule has 1 aromatic carbocycles. The van der Waals surface area contributed by atoms with Crippen molar-refractivity contribution in [1.82, 2.24) is 0 Å². The largest absolute Gasteiger partial charge is 0.382 e. The maximum absolute atomic E-state index is 5.93. The van der Waals surface area contributed by atoms with Crippen LogP contribution in [-0.4, -0.2) is 32.0 Å². The second kappa shape index (κ2) is 5.72. The first-order valence-electron chi connectivity index (χ1n) is 6.59. The Morgan fingerprint density at radius 3 is 2.89 bits per heavy atom. The molecule has 0 fully saturated rings. The lowest BCUT2D eigenvalue weighted by Crippen LogP contribution is -2.32. The molecule has 1 heterocycles. The van der Waals surface area contributed by atoms with Gasteiger partial charge in [-0.3, -0.25) is 0 Å². The van der Waals surface area contributed by atoms with Gasteiger partial charge in [0.2, 0.25) is 0 Å². The van der Waals surface area contributed by atoms with E-state index < -0.39 is 0 Å². The molecular weight excluding hydrogens is 226 g/mol. The molecule has 0 radical (unpaired) electrons. The summed E-state index contributed by atoms with van der Waals surface area (Å²) in [6.45, 7) is 5.81. The minimum atomic E-state index is -0.0972. The van der Waals surface area contributed by atoms with Gasteiger partial charge in [-0.05, 0) is 31.9 Å². The summed E-state index contributed by atoms with van der Waals surface area (Å²) in [5.41, 5.74) is 2.49. The Balaban J connectivity index is 1.80. The highest BCUT2D eigenvalue weighted by Crippen LogP contribution is 2.23. The zero-order valence-electron chi connectivity index (χ0n) is 11.5. The topological polar surface area (TPSA) is 30.5 Å². The minimum Gasteiger partial charge on any atom is -0.382 e. The fourth-order valence-electron chi connectivity index (χ4n) is 2.10. The van der Waals surface area contributed by atoms with Gasteiger partial charge in [0.1, 0.15) is 0 Å². The van der Waals surface area contributed by atoms with Gasteiger partial charge in [0, 0.05) is 32.4 Å². The van der Waals surface area contributed by atoms with Gasteiger partial charge >= 0.3 is 0 Å². The Bertz CT molecular complexity index is 390. The molecule has 3 nitrogen and oxygen atoms in total. The number of hydrogen-bond acceptors (Lipinski definition) is 3. The van der Waals surface area contributed by atoms with E-state index in [-0.39, 0.29) is 11.7 Å². The predicted octanol–water partition coefficient (Wildman–Crippen LogP) is 2.85. The highest BCUT2D eigenvalue weighted by molar-refractivity contribution is 5.53. The number of rotatable bonds is 5. The monoisotopic (exact) mass is 249 g/mol. The summed E-state index contributed by atoms with van der Waals surface area (Å²) in [6, 6.07) is 8.43. The Kier molecular flexibility index (Phi) is 4.25. The number of anilines is 1. The summed E-state index contributed by atoms with van der Waals surface area (Å²) in [7, 11) is 1.75. The van der Waals surface area contributed by atoms with Crippen LogP contribution in [0.5, 0.6) is 0 Å². The smallest absolute Gasteiger partial charge is 0.0788 e. The predicted molar refractivity (Wildman–Crippen MR) is 74.1 cm³/mol. The highest BCUT2D eigenvalue weighted by atomic mass is 16.5. The Morgan fingerprint density at radius 2 is 2.11 bits per heavy atom.